The van der Waals surface area contributed by atoms with E-state index >= 15 is 0 Å². The first-order valence-electron chi connectivity index (χ1n) is 9.07. The molecule has 0 bridgehead atoms. The second-order valence-electron chi connectivity index (χ2n) is 6.71. The molecule has 1 aromatic carbocycles. The van der Waals surface area contributed by atoms with E-state index in [1.54, 1.807) is 30.7 Å². The van der Waals surface area contributed by atoms with E-state index in [1.807, 2.05) is 48.9 Å². The van der Waals surface area contributed by atoms with Crippen molar-refractivity contribution in [2.45, 2.75) is 13.8 Å². The molecular formula is C23H20FN3O. The predicted octanol–water partition coefficient (Wildman–Crippen LogP) is 5.30. The minimum absolute atomic E-state index is 0.272. The molecule has 3 heterocycles. The van der Waals surface area contributed by atoms with Crippen molar-refractivity contribution in [1.82, 2.24) is 14.7 Å². The molecule has 0 amide bonds. The molecule has 0 spiro atoms. The summed E-state index contributed by atoms with van der Waals surface area (Å²) in [5.74, 6) is -0.272. The van der Waals surface area contributed by atoms with Crippen molar-refractivity contribution in [3.8, 4) is 22.4 Å². The molecule has 4 rings (SSSR count). The third-order valence-electron chi connectivity index (χ3n) is 4.46. The van der Waals surface area contributed by atoms with Crippen molar-refractivity contribution in [1.29, 1.82) is 0 Å². The molecule has 5 heteroatoms. The maximum Gasteiger partial charge on any atom is 0.133 e. The van der Waals surface area contributed by atoms with Crippen molar-refractivity contribution >= 4 is 11.0 Å². The Morgan fingerprint density at radius 2 is 1.75 bits per heavy atom. The third-order valence-corrected chi connectivity index (χ3v) is 4.46. The predicted molar refractivity (Wildman–Crippen MR) is 109 cm³/mol. The summed E-state index contributed by atoms with van der Waals surface area (Å²) >= 11 is 0. The van der Waals surface area contributed by atoms with Crippen LogP contribution in [0.2, 0.25) is 0 Å². The van der Waals surface area contributed by atoms with Crippen LogP contribution in [-0.4, -0.2) is 21.3 Å². The Balaban J connectivity index is 2.01. The Kier molecular flexibility index (Phi) is 4.89. The van der Waals surface area contributed by atoms with Gasteiger partial charge in [0.25, 0.3) is 0 Å². The summed E-state index contributed by atoms with van der Waals surface area (Å²) in [6.45, 7) is 4.50. The van der Waals surface area contributed by atoms with Gasteiger partial charge in [0.15, 0.2) is 0 Å². The lowest BCUT2D eigenvalue weighted by atomic mass is 10.0. The van der Waals surface area contributed by atoms with Crippen molar-refractivity contribution in [3.05, 3.63) is 84.6 Å². The van der Waals surface area contributed by atoms with E-state index in [4.69, 9.17) is 4.84 Å². The molecule has 4 aromatic rings. The zero-order chi connectivity index (χ0) is 19.5. The van der Waals surface area contributed by atoms with Crippen LogP contribution in [0.5, 0.6) is 0 Å². The van der Waals surface area contributed by atoms with Gasteiger partial charge in [-0.3, -0.25) is 9.97 Å². The molecular weight excluding hydrogens is 353 g/mol. The molecule has 0 saturated carbocycles. The smallest absolute Gasteiger partial charge is 0.133 e. The molecule has 140 valence electrons. The molecule has 0 aliphatic rings. The Labute approximate surface area is 162 Å². The summed E-state index contributed by atoms with van der Waals surface area (Å²) in [7, 11) is 0. The highest BCUT2D eigenvalue weighted by molar-refractivity contribution is 6.01. The number of allylic oxidation sites excluding steroid dienone is 1. The van der Waals surface area contributed by atoms with Crippen molar-refractivity contribution < 1.29 is 9.23 Å². The molecule has 0 N–H and O–H groups in total. The van der Waals surface area contributed by atoms with E-state index in [2.05, 4.69) is 9.97 Å². The van der Waals surface area contributed by atoms with Crippen molar-refractivity contribution in [2.75, 3.05) is 6.61 Å². The van der Waals surface area contributed by atoms with E-state index in [0.29, 0.717) is 6.61 Å². The van der Waals surface area contributed by atoms with Gasteiger partial charge < -0.3 is 4.84 Å². The Hall–Kier alpha value is -3.47. The summed E-state index contributed by atoms with van der Waals surface area (Å²) in [6, 6.07) is 14.2. The second-order valence-corrected chi connectivity index (χ2v) is 6.71. The minimum Gasteiger partial charge on any atom is -0.409 e. The molecule has 28 heavy (non-hydrogen) atoms. The highest BCUT2D eigenvalue weighted by atomic mass is 19.1. The number of hydrogen-bond donors (Lipinski definition) is 0. The molecule has 0 aliphatic heterocycles. The van der Waals surface area contributed by atoms with Crippen LogP contribution >= 0.6 is 0 Å². The normalized spacial score (nSPS) is 10.8. The molecule has 0 atom stereocenters. The average molecular weight is 373 g/mol. The van der Waals surface area contributed by atoms with Gasteiger partial charge in [0, 0.05) is 29.7 Å². The van der Waals surface area contributed by atoms with Gasteiger partial charge in [-0.1, -0.05) is 17.7 Å². The third kappa shape index (κ3) is 3.39. The van der Waals surface area contributed by atoms with Crippen LogP contribution in [0.15, 0.2) is 78.8 Å². The Morgan fingerprint density at radius 3 is 2.46 bits per heavy atom. The van der Waals surface area contributed by atoms with Crippen LogP contribution in [0.3, 0.4) is 0 Å². The van der Waals surface area contributed by atoms with E-state index in [1.165, 1.54) is 17.7 Å². The number of aromatic nitrogens is 3. The fourth-order valence-electron chi connectivity index (χ4n) is 3.16. The number of nitrogens with zero attached hydrogens (tertiary/aromatic N) is 3. The standard InChI is InChI=1S/C23H20FN3O/c1-16(2)11-15-28-27-20-4-3-12-26-22(20)21(17-5-7-19(24)8-6-17)23(27)18-9-13-25-14-10-18/h3-14H,15H2,1-2H3. The van der Waals surface area contributed by atoms with Gasteiger partial charge in [0.2, 0.25) is 0 Å². The number of benzene rings is 1. The van der Waals surface area contributed by atoms with Gasteiger partial charge in [0.1, 0.15) is 23.5 Å². The Morgan fingerprint density at radius 1 is 1.00 bits per heavy atom. The van der Waals surface area contributed by atoms with Crippen LogP contribution in [-0.2, 0) is 0 Å². The average Bonchev–Trinajstić information content (AvgIpc) is 3.03. The number of halogens is 1. The van der Waals surface area contributed by atoms with Crippen LogP contribution in [0, 0.1) is 5.82 Å². The molecule has 4 nitrogen and oxygen atoms in total. The maximum absolute atomic E-state index is 13.5. The molecule has 0 aliphatic carbocycles. The first kappa shape index (κ1) is 17.9. The lowest BCUT2D eigenvalue weighted by Crippen LogP contribution is -2.13. The monoisotopic (exact) mass is 373 g/mol. The van der Waals surface area contributed by atoms with Gasteiger partial charge in [-0.15, -0.1) is 0 Å². The summed E-state index contributed by atoms with van der Waals surface area (Å²) in [5, 5.41) is 0. The van der Waals surface area contributed by atoms with Gasteiger partial charge >= 0.3 is 0 Å². The first-order valence-corrected chi connectivity index (χ1v) is 9.07. The van der Waals surface area contributed by atoms with Crippen molar-refractivity contribution in [2.24, 2.45) is 0 Å². The fourth-order valence-corrected chi connectivity index (χ4v) is 3.16. The lowest BCUT2D eigenvalue weighted by molar-refractivity contribution is 0.149. The van der Waals surface area contributed by atoms with Crippen LogP contribution in [0.25, 0.3) is 33.4 Å². The number of pyridine rings is 2. The zero-order valence-corrected chi connectivity index (χ0v) is 15.8. The largest absolute Gasteiger partial charge is 0.409 e. The van der Waals surface area contributed by atoms with E-state index < -0.39 is 0 Å². The van der Waals surface area contributed by atoms with Crippen LogP contribution in [0.4, 0.5) is 4.39 Å². The number of hydrogen-bond acceptors (Lipinski definition) is 3. The highest BCUT2D eigenvalue weighted by Crippen LogP contribution is 2.39. The summed E-state index contributed by atoms with van der Waals surface area (Å²) in [4.78, 5) is 14.9. The fraction of sp³-hybridized carbons (Fsp3) is 0.130. The quantitative estimate of drug-likeness (QED) is 0.446. The lowest BCUT2D eigenvalue weighted by Gasteiger charge is -2.13. The van der Waals surface area contributed by atoms with Gasteiger partial charge in [-0.25, -0.2) is 4.39 Å². The Bertz CT molecular complexity index is 1130. The number of rotatable bonds is 5. The highest BCUT2D eigenvalue weighted by Gasteiger charge is 2.22. The topological polar surface area (TPSA) is 39.9 Å². The summed E-state index contributed by atoms with van der Waals surface area (Å²) < 4.78 is 15.3. The molecule has 0 unspecified atom stereocenters. The van der Waals surface area contributed by atoms with E-state index in [0.717, 1.165) is 33.4 Å². The SMILES string of the molecule is CC(C)=CCOn1c(-c2ccncc2)c(-c2ccc(F)cc2)c2ncccc21. The van der Waals surface area contributed by atoms with E-state index in [9.17, 15) is 4.39 Å². The van der Waals surface area contributed by atoms with Gasteiger partial charge in [-0.05, 0) is 61.9 Å². The van der Waals surface area contributed by atoms with Gasteiger partial charge in [-0.2, -0.15) is 4.73 Å². The van der Waals surface area contributed by atoms with Crippen LogP contribution < -0.4 is 4.84 Å². The zero-order valence-electron chi connectivity index (χ0n) is 15.8. The van der Waals surface area contributed by atoms with E-state index in [-0.39, 0.29) is 5.82 Å². The first-order chi connectivity index (χ1) is 13.6. The molecule has 0 radical (unpaired) electrons. The molecule has 3 aromatic heterocycles. The van der Waals surface area contributed by atoms with Gasteiger partial charge in [0.05, 0.1) is 5.69 Å². The second kappa shape index (κ2) is 7.64. The summed E-state index contributed by atoms with van der Waals surface area (Å²) in [6.07, 6.45) is 7.27. The molecule has 0 fully saturated rings. The minimum atomic E-state index is -0.272. The summed E-state index contributed by atoms with van der Waals surface area (Å²) in [5.41, 5.74) is 6.43. The van der Waals surface area contributed by atoms with Crippen molar-refractivity contribution in [3.63, 3.8) is 0 Å². The van der Waals surface area contributed by atoms with Crippen LogP contribution in [0.1, 0.15) is 13.8 Å². The number of fused-ring (bicyclic) bond motifs is 1. The molecule has 0 saturated heterocycles. The maximum atomic E-state index is 13.5.